The van der Waals surface area contributed by atoms with Crippen molar-refractivity contribution in [3.05, 3.63) is 0 Å². The molecule has 0 N–H and O–H groups in total. The van der Waals surface area contributed by atoms with E-state index >= 15 is 0 Å². The number of methoxy groups -OCH3 is 1. The van der Waals surface area contributed by atoms with Crippen LogP contribution in [0, 0.1) is 11.3 Å². The van der Waals surface area contributed by atoms with Gasteiger partial charge < -0.3 is 9.64 Å². The Kier molecular flexibility index (Phi) is 4.60. The Balaban J connectivity index is 2.57. The highest BCUT2D eigenvalue weighted by Gasteiger charge is 2.36. The lowest BCUT2D eigenvalue weighted by atomic mass is 9.73. The maximum atomic E-state index is 5.67. The molecule has 0 aromatic heterocycles. The number of ether oxygens (including phenoxy) is 1. The van der Waals surface area contributed by atoms with Gasteiger partial charge in [0.25, 0.3) is 0 Å². The molecule has 1 aliphatic rings. The molecule has 0 aromatic rings. The summed E-state index contributed by atoms with van der Waals surface area (Å²) in [6.07, 6.45) is 2.95. The number of piperidine rings is 1. The molecule has 1 aliphatic heterocycles. The highest BCUT2D eigenvalue weighted by Crippen LogP contribution is 2.35. The van der Waals surface area contributed by atoms with Crippen LogP contribution in [0.4, 0.5) is 0 Å². The predicted molar refractivity (Wildman–Crippen MR) is 65.1 cm³/mol. The van der Waals surface area contributed by atoms with E-state index in [-0.39, 0.29) is 0 Å². The second-order valence-corrected chi connectivity index (χ2v) is 5.84. The second kappa shape index (κ2) is 5.31. The normalized spacial score (nSPS) is 29.4. The number of hydrogen-bond donors (Lipinski definition) is 0. The van der Waals surface area contributed by atoms with Gasteiger partial charge in [0.2, 0.25) is 0 Å². The fourth-order valence-electron chi connectivity index (χ4n) is 2.73. The summed E-state index contributed by atoms with van der Waals surface area (Å²) in [5.41, 5.74) is 0.374. The summed E-state index contributed by atoms with van der Waals surface area (Å²) in [6, 6.07) is 0. The maximum absolute atomic E-state index is 5.67. The molecule has 2 atom stereocenters. The van der Waals surface area contributed by atoms with Gasteiger partial charge in [-0.3, -0.25) is 0 Å². The van der Waals surface area contributed by atoms with E-state index in [4.69, 9.17) is 4.74 Å². The van der Waals surface area contributed by atoms with Gasteiger partial charge in [0.1, 0.15) is 0 Å². The molecule has 0 spiro atoms. The molecule has 2 nitrogen and oxygen atoms in total. The highest BCUT2D eigenvalue weighted by molar-refractivity contribution is 4.87. The number of rotatable bonds is 3. The Labute approximate surface area is 95.0 Å². The molecule has 0 aliphatic carbocycles. The smallest absolute Gasteiger partial charge is 0.0731 e. The molecule has 1 fully saturated rings. The minimum absolute atomic E-state index is 0.374. The van der Waals surface area contributed by atoms with Gasteiger partial charge in [0, 0.05) is 13.7 Å². The standard InChI is InChI=1S/C13H27NO/c1-6-8-14-9-7-11(13(2,3)4)12(10-14)15-5/h11-12H,6-10H2,1-5H3. The Morgan fingerprint density at radius 2 is 2.00 bits per heavy atom. The van der Waals surface area contributed by atoms with Crippen molar-refractivity contribution in [2.45, 2.75) is 46.6 Å². The number of nitrogens with zero attached hydrogens (tertiary/aromatic N) is 1. The van der Waals surface area contributed by atoms with Crippen molar-refractivity contribution in [3.8, 4) is 0 Å². The lowest BCUT2D eigenvalue weighted by molar-refractivity contribution is -0.0495. The van der Waals surface area contributed by atoms with Crippen LogP contribution in [0.1, 0.15) is 40.5 Å². The fraction of sp³-hybridized carbons (Fsp3) is 1.00. The molecule has 90 valence electrons. The summed E-state index contributed by atoms with van der Waals surface area (Å²) in [5.74, 6) is 0.704. The van der Waals surface area contributed by atoms with Gasteiger partial charge in [0.05, 0.1) is 6.10 Å². The summed E-state index contributed by atoms with van der Waals surface area (Å²) >= 11 is 0. The molecule has 0 saturated carbocycles. The monoisotopic (exact) mass is 213 g/mol. The maximum Gasteiger partial charge on any atom is 0.0731 e. The molecular weight excluding hydrogens is 186 g/mol. The van der Waals surface area contributed by atoms with Crippen LogP contribution >= 0.6 is 0 Å². The van der Waals surface area contributed by atoms with Crippen molar-refractivity contribution in [2.75, 3.05) is 26.7 Å². The van der Waals surface area contributed by atoms with E-state index in [0.717, 1.165) is 6.54 Å². The average Bonchev–Trinajstić information content (AvgIpc) is 2.16. The third-order valence-electron chi connectivity index (χ3n) is 3.60. The van der Waals surface area contributed by atoms with Crippen LogP contribution in [0.3, 0.4) is 0 Å². The molecule has 0 amide bonds. The van der Waals surface area contributed by atoms with E-state index < -0.39 is 0 Å². The SMILES string of the molecule is CCCN1CCC(C(C)(C)C)C(OC)C1. The van der Waals surface area contributed by atoms with Gasteiger partial charge in [-0.05, 0) is 37.3 Å². The van der Waals surface area contributed by atoms with E-state index in [2.05, 4.69) is 32.6 Å². The molecule has 1 heterocycles. The van der Waals surface area contributed by atoms with Crippen LogP contribution in [-0.4, -0.2) is 37.7 Å². The highest BCUT2D eigenvalue weighted by atomic mass is 16.5. The van der Waals surface area contributed by atoms with Gasteiger partial charge in [-0.25, -0.2) is 0 Å². The van der Waals surface area contributed by atoms with Gasteiger partial charge >= 0.3 is 0 Å². The van der Waals surface area contributed by atoms with Gasteiger partial charge in [0.15, 0.2) is 0 Å². The van der Waals surface area contributed by atoms with Crippen molar-refractivity contribution in [3.63, 3.8) is 0 Å². The first-order valence-corrected chi connectivity index (χ1v) is 6.24. The molecule has 1 rings (SSSR count). The van der Waals surface area contributed by atoms with Gasteiger partial charge in [-0.1, -0.05) is 27.7 Å². The van der Waals surface area contributed by atoms with E-state index in [0.29, 0.717) is 17.4 Å². The van der Waals surface area contributed by atoms with Crippen LogP contribution in [0.25, 0.3) is 0 Å². The summed E-state index contributed by atoms with van der Waals surface area (Å²) in [5, 5.41) is 0. The third kappa shape index (κ3) is 3.46. The Hall–Kier alpha value is -0.0800. The molecule has 2 unspecified atom stereocenters. The van der Waals surface area contributed by atoms with Crippen molar-refractivity contribution in [1.29, 1.82) is 0 Å². The lowest BCUT2D eigenvalue weighted by Crippen LogP contribution is -2.48. The van der Waals surface area contributed by atoms with Crippen LogP contribution in [0.15, 0.2) is 0 Å². The molecule has 1 saturated heterocycles. The topological polar surface area (TPSA) is 12.5 Å². The zero-order valence-electron chi connectivity index (χ0n) is 11.0. The predicted octanol–water partition coefficient (Wildman–Crippen LogP) is 2.78. The zero-order valence-corrected chi connectivity index (χ0v) is 11.0. The van der Waals surface area contributed by atoms with Crippen LogP contribution < -0.4 is 0 Å². The fourth-order valence-corrected chi connectivity index (χ4v) is 2.73. The average molecular weight is 213 g/mol. The van der Waals surface area contributed by atoms with Crippen molar-refractivity contribution in [2.24, 2.45) is 11.3 Å². The van der Waals surface area contributed by atoms with Gasteiger partial charge in [-0.15, -0.1) is 0 Å². The van der Waals surface area contributed by atoms with Crippen LogP contribution in [0.5, 0.6) is 0 Å². The molecule has 2 heteroatoms. The minimum Gasteiger partial charge on any atom is -0.380 e. The molecule has 0 bridgehead atoms. The quantitative estimate of drug-likeness (QED) is 0.715. The molecular formula is C13H27NO. The second-order valence-electron chi connectivity index (χ2n) is 5.84. The Morgan fingerprint density at radius 3 is 2.47 bits per heavy atom. The third-order valence-corrected chi connectivity index (χ3v) is 3.60. The molecule has 0 aromatic carbocycles. The largest absolute Gasteiger partial charge is 0.380 e. The molecule has 0 radical (unpaired) electrons. The summed E-state index contributed by atoms with van der Waals surface area (Å²) in [6.45, 7) is 12.8. The van der Waals surface area contributed by atoms with Gasteiger partial charge in [-0.2, -0.15) is 0 Å². The van der Waals surface area contributed by atoms with Crippen molar-refractivity contribution < 1.29 is 4.74 Å². The Bertz CT molecular complexity index is 185. The van der Waals surface area contributed by atoms with E-state index in [1.165, 1.54) is 25.9 Å². The first-order valence-electron chi connectivity index (χ1n) is 6.24. The van der Waals surface area contributed by atoms with Crippen molar-refractivity contribution >= 4 is 0 Å². The number of hydrogen-bond acceptors (Lipinski definition) is 2. The minimum atomic E-state index is 0.374. The summed E-state index contributed by atoms with van der Waals surface area (Å²) in [4.78, 5) is 2.54. The van der Waals surface area contributed by atoms with E-state index in [1.807, 2.05) is 7.11 Å². The van der Waals surface area contributed by atoms with Crippen LogP contribution in [-0.2, 0) is 4.74 Å². The first kappa shape index (κ1) is 13.0. The molecule has 15 heavy (non-hydrogen) atoms. The Morgan fingerprint density at radius 1 is 1.33 bits per heavy atom. The zero-order chi connectivity index (χ0) is 11.5. The van der Waals surface area contributed by atoms with Crippen molar-refractivity contribution in [1.82, 2.24) is 4.90 Å². The summed E-state index contributed by atoms with van der Waals surface area (Å²) < 4.78 is 5.67. The summed E-state index contributed by atoms with van der Waals surface area (Å²) in [7, 11) is 1.86. The van der Waals surface area contributed by atoms with Crippen LogP contribution in [0.2, 0.25) is 0 Å². The number of likely N-dealkylation sites (tertiary alicyclic amines) is 1. The lowest BCUT2D eigenvalue weighted by Gasteiger charge is -2.43. The van der Waals surface area contributed by atoms with E-state index in [9.17, 15) is 0 Å². The first-order chi connectivity index (χ1) is 6.99. The van der Waals surface area contributed by atoms with E-state index in [1.54, 1.807) is 0 Å².